The van der Waals surface area contributed by atoms with Crippen molar-refractivity contribution in [1.82, 2.24) is 15.5 Å². The highest BCUT2D eigenvalue weighted by Crippen LogP contribution is 2.21. The first-order valence-electron chi connectivity index (χ1n) is 10.3. The number of nitrogens with one attached hydrogen (secondary N) is 2. The average molecular weight is 517 g/mol. The number of guanidine groups is 1. The van der Waals surface area contributed by atoms with E-state index in [1.54, 1.807) is 0 Å². The predicted molar refractivity (Wildman–Crippen MR) is 130 cm³/mol. The van der Waals surface area contributed by atoms with Crippen molar-refractivity contribution >= 4 is 35.6 Å². The lowest BCUT2D eigenvalue weighted by Crippen LogP contribution is -2.56. The maximum atomic E-state index is 5.49. The van der Waals surface area contributed by atoms with E-state index in [4.69, 9.17) is 9.47 Å². The van der Waals surface area contributed by atoms with E-state index in [9.17, 15) is 0 Å². The summed E-state index contributed by atoms with van der Waals surface area (Å²) < 4.78 is 11.0. The van der Waals surface area contributed by atoms with Gasteiger partial charge in [0.15, 0.2) is 5.96 Å². The van der Waals surface area contributed by atoms with Gasteiger partial charge in [0, 0.05) is 57.5 Å². The number of halogens is 1. The van der Waals surface area contributed by atoms with Crippen molar-refractivity contribution in [3.05, 3.63) is 29.8 Å². The molecule has 0 bridgehead atoms. The molecule has 1 aromatic rings. The third kappa shape index (κ3) is 6.97. The van der Waals surface area contributed by atoms with Gasteiger partial charge in [-0.25, -0.2) is 0 Å². The summed E-state index contributed by atoms with van der Waals surface area (Å²) in [7, 11) is 1.82. The molecule has 29 heavy (non-hydrogen) atoms. The lowest BCUT2D eigenvalue weighted by atomic mass is 10.0. The van der Waals surface area contributed by atoms with Crippen molar-refractivity contribution < 1.29 is 9.47 Å². The van der Waals surface area contributed by atoms with Gasteiger partial charge in [0.25, 0.3) is 0 Å². The Hall–Kier alpha value is -1.10. The number of morpholine rings is 2. The number of hydrogen-bond acceptors (Lipinski definition) is 5. The standard InChI is InChI=1S/C21H35N5O2.HI/c1-21(2,26-10-14-28-15-11-26)17-24-20(22-3)23-16-18-6-4-5-7-19(18)25-8-12-27-13-9-25;/h4-7H,8-17H2,1-3H3,(H2,22,23,24);1H. The molecule has 7 nitrogen and oxygen atoms in total. The molecular formula is C21H36IN5O2. The van der Waals surface area contributed by atoms with Crippen LogP contribution in [0.5, 0.6) is 0 Å². The lowest BCUT2D eigenvalue weighted by Gasteiger charge is -2.41. The molecule has 2 aliphatic rings. The van der Waals surface area contributed by atoms with Crippen molar-refractivity contribution in [3.8, 4) is 0 Å². The van der Waals surface area contributed by atoms with Crippen LogP contribution in [0.3, 0.4) is 0 Å². The Morgan fingerprint density at radius 3 is 2.28 bits per heavy atom. The molecule has 0 radical (unpaired) electrons. The quantitative estimate of drug-likeness (QED) is 0.342. The van der Waals surface area contributed by atoms with Crippen LogP contribution in [-0.2, 0) is 16.0 Å². The van der Waals surface area contributed by atoms with Crippen molar-refractivity contribution in [2.24, 2.45) is 4.99 Å². The van der Waals surface area contributed by atoms with Gasteiger partial charge in [-0.3, -0.25) is 9.89 Å². The second-order valence-electron chi connectivity index (χ2n) is 7.92. The second-order valence-corrected chi connectivity index (χ2v) is 7.92. The maximum Gasteiger partial charge on any atom is 0.191 e. The van der Waals surface area contributed by atoms with E-state index in [-0.39, 0.29) is 29.5 Å². The van der Waals surface area contributed by atoms with Crippen molar-refractivity contribution in [2.45, 2.75) is 25.9 Å². The molecule has 1 aromatic carbocycles. The molecule has 0 aromatic heterocycles. The number of aliphatic imine (C=N–C) groups is 1. The molecule has 0 amide bonds. The smallest absolute Gasteiger partial charge is 0.191 e. The van der Waals surface area contributed by atoms with Crippen LogP contribution in [0.25, 0.3) is 0 Å². The lowest BCUT2D eigenvalue weighted by molar-refractivity contribution is -0.00834. The monoisotopic (exact) mass is 517 g/mol. The number of para-hydroxylation sites is 1. The minimum absolute atomic E-state index is 0. The first-order valence-corrected chi connectivity index (χ1v) is 10.3. The van der Waals surface area contributed by atoms with Gasteiger partial charge in [0.05, 0.1) is 26.4 Å². The molecule has 164 valence electrons. The van der Waals surface area contributed by atoms with Gasteiger partial charge in [0.1, 0.15) is 0 Å². The van der Waals surface area contributed by atoms with Crippen LogP contribution in [0.2, 0.25) is 0 Å². The van der Waals surface area contributed by atoms with Crippen LogP contribution in [0.15, 0.2) is 29.3 Å². The van der Waals surface area contributed by atoms with Crippen molar-refractivity contribution in [1.29, 1.82) is 0 Å². The minimum atomic E-state index is 0. The van der Waals surface area contributed by atoms with Crippen LogP contribution >= 0.6 is 24.0 Å². The Labute approximate surface area is 192 Å². The zero-order valence-electron chi connectivity index (χ0n) is 17.9. The molecule has 2 N–H and O–H groups in total. The van der Waals surface area contributed by atoms with Crippen LogP contribution in [0, 0.1) is 0 Å². The van der Waals surface area contributed by atoms with Crippen LogP contribution < -0.4 is 15.5 Å². The summed E-state index contributed by atoms with van der Waals surface area (Å²) in [4.78, 5) is 9.29. The molecule has 2 aliphatic heterocycles. The molecular weight excluding hydrogens is 481 g/mol. The van der Waals surface area contributed by atoms with Crippen molar-refractivity contribution in [3.63, 3.8) is 0 Å². The van der Waals surface area contributed by atoms with Gasteiger partial charge < -0.3 is 25.0 Å². The van der Waals surface area contributed by atoms with E-state index in [2.05, 4.69) is 63.5 Å². The van der Waals surface area contributed by atoms with E-state index in [1.165, 1.54) is 11.3 Å². The molecule has 8 heteroatoms. The Morgan fingerprint density at radius 1 is 1.00 bits per heavy atom. The number of ether oxygens (including phenoxy) is 2. The SMILES string of the molecule is CN=C(NCc1ccccc1N1CCOCC1)NCC(C)(C)N1CCOCC1.I. The summed E-state index contributed by atoms with van der Waals surface area (Å²) in [6.45, 7) is 13.2. The predicted octanol–water partition coefficient (Wildman–Crippen LogP) is 1.92. The van der Waals surface area contributed by atoms with Crippen LogP contribution in [0.4, 0.5) is 5.69 Å². The second kappa shape index (κ2) is 11.9. The van der Waals surface area contributed by atoms with E-state index in [0.29, 0.717) is 0 Å². The third-order valence-electron chi connectivity index (χ3n) is 5.57. The largest absolute Gasteiger partial charge is 0.379 e. The Bertz CT molecular complexity index is 644. The summed E-state index contributed by atoms with van der Waals surface area (Å²) in [6, 6.07) is 8.58. The number of benzene rings is 1. The molecule has 0 spiro atoms. The fourth-order valence-electron chi connectivity index (χ4n) is 3.75. The first kappa shape index (κ1) is 24.2. The molecule has 0 saturated carbocycles. The zero-order valence-corrected chi connectivity index (χ0v) is 20.3. The Morgan fingerprint density at radius 2 is 1.62 bits per heavy atom. The number of rotatable bonds is 6. The molecule has 0 unspecified atom stereocenters. The highest BCUT2D eigenvalue weighted by atomic mass is 127. The summed E-state index contributed by atoms with van der Waals surface area (Å²) in [5, 5.41) is 6.98. The van der Waals surface area contributed by atoms with E-state index < -0.39 is 0 Å². The topological polar surface area (TPSA) is 61.4 Å². The molecule has 0 atom stereocenters. The van der Waals surface area contributed by atoms with Gasteiger partial charge in [-0.1, -0.05) is 18.2 Å². The maximum absolute atomic E-state index is 5.49. The number of hydrogen-bond donors (Lipinski definition) is 2. The molecule has 2 fully saturated rings. The Balaban J connectivity index is 0.00000300. The average Bonchev–Trinajstić information content (AvgIpc) is 2.75. The zero-order chi connectivity index (χ0) is 19.8. The van der Waals surface area contributed by atoms with Gasteiger partial charge in [-0.05, 0) is 25.5 Å². The molecule has 0 aliphatic carbocycles. The summed E-state index contributed by atoms with van der Waals surface area (Å²) in [5.74, 6) is 0.832. The molecule has 2 heterocycles. The van der Waals surface area contributed by atoms with E-state index in [0.717, 1.165) is 71.7 Å². The number of anilines is 1. The number of nitrogens with zero attached hydrogens (tertiary/aromatic N) is 3. The Kier molecular flexibility index (Phi) is 9.94. The van der Waals surface area contributed by atoms with Crippen LogP contribution in [0.1, 0.15) is 19.4 Å². The summed E-state index contributed by atoms with van der Waals surface area (Å²) in [5.41, 5.74) is 2.61. The highest BCUT2D eigenvalue weighted by molar-refractivity contribution is 14.0. The molecule has 2 saturated heterocycles. The van der Waals surface area contributed by atoms with Gasteiger partial charge in [-0.2, -0.15) is 0 Å². The van der Waals surface area contributed by atoms with Crippen LogP contribution in [-0.4, -0.2) is 82.6 Å². The summed E-state index contributed by atoms with van der Waals surface area (Å²) >= 11 is 0. The van der Waals surface area contributed by atoms with Gasteiger partial charge >= 0.3 is 0 Å². The highest BCUT2D eigenvalue weighted by Gasteiger charge is 2.28. The van der Waals surface area contributed by atoms with E-state index >= 15 is 0 Å². The summed E-state index contributed by atoms with van der Waals surface area (Å²) in [6.07, 6.45) is 0. The van der Waals surface area contributed by atoms with E-state index in [1.807, 2.05) is 7.05 Å². The molecule has 3 rings (SSSR count). The third-order valence-corrected chi connectivity index (χ3v) is 5.57. The first-order chi connectivity index (χ1) is 13.6. The fourth-order valence-corrected chi connectivity index (χ4v) is 3.75. The minimum Gasteiger partial charge on any atom is -0.379 e. The van der Waals surface area contributed by atoms with Gasteiger partial charge in [-0.15, -0.1) is 24.0 Å². The fraction of sp³-hybridized carbons (Fsp3) is 0.667. The van der Waals surface area contributed by atoms with Crippen molar-refractivity contribution in [2.75, 3.05) is 71.1 Å². The normalized spacial score (nSPS) is 18.9. The van der Waals surface area contributed by atoms with Gasteiger partial charge in [0.2, 0.25) is 0 Å².